The topological polar surface area (TPSA) is 194 Å². The molecule has 4 atom stereocenters. The highest BCUT2D eigenvalue weighted by molar-refractivity contribution is 7.98. The van der Waals surface area contributed by atoms with Gasteiger partial charge in [0.1, 0.15) is 18.1 Å². The lowest BCUT2D eigenvalue weighted by Gasteiger charge is -2.27. The summed E-state index contributed by atoms with van der Waals surface area (Å²) in [6.45, 7) is 3.33. The van der Waals surface area contributed by atoms with Crippen molar-refractivity contribution in [1.29, 1.82) is 0 Å². The van der Waals surface area contributed by atoms with Gasteiger partial charge in [-0.25, -0.2) is 4.79 Å². The molecule has 4 amide bonds. The van der Waals surface area contributed by atoms with Crippen LogP contribution in [0.25, 0.3) is 0 Å². The van der Waals surface area contributed by atoms with Crippen molar-refractivity contribution in [3.8, 4) is 0 Å². The molecular formula is C23H35N5O6S. The number of rotatable bonds is 15. The normalized spacial score (nSPS) is 14.3. The van der Waals surface area contributed by atoms with Gasteiger partial charge in [0.25, 0.3) is 0 Å². The summed E-state index contributed by atoms with van der Waals surface area (Å²) in [5.74, 6) is -3.99. The van der Waals surface area contributed by atoms with Crippen molar-refractivity contribution in [3.05, 3.63) is 35.9 Å². The van der Waals surface area contributed by atoms with Crippen LogP contribution in [-0.4, -0.2) is 70.9 Å². The Hall–Kier alpha value is -3.12. The third kappa shape index (κ3) is 10.8. The van der Waals surface area contributed by atoms with Crippen molar-refractivity contribution in [2.75, 3.05) is 12.0 Å². The molecule has 11 nitrogen and oxygen atoms in total. The third-order valence-corrected chi connectivity index (χ3v) is 5.80. The Balaban J connectivity index is 3.05. The van der Waals surface area contributed by atoms with E-state index in [-0.39, 0.29) is 6.42 Å². The van der Waals surface area contributed by atoms with E-state index in [1.807, 2.05) is 12.3 Å². The number of carbonyl (C=O) groups is 5. The molecule has 0 radical (unpaired) electrons. The summed E-state index contributed by atoms with van der Waals surface area (Å²) >= 11 is 1.55. The number of thioether (sulfide) groups is 1. The minimum Gasteiger partial charge on any atom is -0.480 e. The molecule has 0 aliphatic heterocycles. The van der Waals surface area contributed by atoms with Gasteiger partial charge in [-0.1, -0.05) is 44.2 Å². The summed E-state index contributed by atoms with van der Waals surface area (Å²) in [7, 11) is 0. The van der Waals surface area contributed by atoms with E-state index in [9.17, 15) is 29.1 Å². The lowest BCUT2D eigenvalue weighted by molar-refractivity contribution is -0.144. The summed E-state index contributed by atoms with van der Waals surface area (Å²) in [5.41, 5.74) is 11.8. The first-order valence-electron chi connectivity index (χ1n) is 11.2. The number of hydrogen-bond acceptors (Lipinski definition) is 7. The van der Waals surface area contributed by atoms with Gasteiger partial charge < -0.3 is 32.5 Å². The molecular weight excluding hydrogens is 474 g/mol. The predicted molar refractivity (Wildman–Crippen MR) is 133 cm³/mol. The van der Waals surface area contributed by atoms with Gasteiger partial charge in [-0.3, -0.25) is 19.2 Å². The number of nitrogens with one attached hydrogen (secondary N) is 3. The van der Waals surface area contributed by atoms with Crippen LogP contribution >= 0.6 is 11.8 Å². The largest absolute Gasteiger partial charge is 0.480 e. The zero-order valence-electron chi connectivity index (χ0n) is 20.2. The van der Waals surface area contributed by atoms with E-state index in [4.69, 9.17) is 11.5 Å². The summed E-state index contributed by atoms with van der Waals surface area (Å²) in [6, 6.07) is 4.52. The molecule has 0 saturated carbocycles. The van der Waals surface area contributed by atoms with E-state index < -0.39 is 66.1 Å². The van der Waals surface area contributed by atoms with E-state index in [1.54, 1.807) is 49.9 Å². The van der Waals surface area contributed by atoms with Crippen LogP contribution in [0.1, 0.15) is 32.3 Å². The highest BCUT2D eigenvalue weighted by Crippen LogP contribution is 2.08. The van der Waals surface area contributed by atoms with Crippen LogP contribution in [0.4, 0.5) is 0 Å². The smallest absolute Gasteiger partial charge is 0.326 e. The first-order chi connectivity index (χ1) is 16.5. The molecule has 194 valence electrons. The molecule has 4 unspecified atom stereocenters. The van der Waals surface area contributed by atoms with Crippen molar-refractivity contribution in [3.63, 3.8) is 0 Å². The zero-order chi connectivity index (χ0) is 26.5. The number of carbonyl (C=O) groups excluding carboxylic acids is 4. The van der Waals surface area contributed by atoms with Crippen molar-refractivity contribution >= 4 is 41.4 Å². The maximum atomic E-state index is 13.2. The van der Waals surface area contributed by atoms with Crippen LogP contribution in [0.3, 0.4) is 0 Å². The van der Waals surface area contributed by atoms with Crippen LogP contribution < -0.4 is 27.4 Å². The second-order valence-corrected chi connectivity index (χ2v) is 9.42. The third-order valence-electron chi connectivity index (χ3n) is 5.15. The van der Waals surface area contributed by atoms with Gasteiger partial charge in [0, 0.05) is 6.42 Å². The maximum Gasteiger partial charge on any atom is 0.326 e. The molecule has 8 N–H and O–H groups in total. The van der Waals surface area contributed by atoms with Gasteiger partial charge in [-0.2, -0.15) is 11.8 Å². The van der Waals surface area contributed by atoms with Crippen molar-refractivity contribution in [2.45, 2.75) is 57.3 Å². The molecule has 0 saturated heterocycles. The number of aliphatic carboxylic acids is 1. The molecule has 1 aromatic rings. The molecule has 35 heavy (non-hydrogen) atoms. The number of hydrogen-bond donors (Lipinski definition) is 6. The Morgan fingerprint density at radius 1 is 0.943 bits per heavy atom. The van der Waals surface area contributed by atoms with Crippen molar-refractivity contribution in [2.24, 2.45) is 17.4 Å². The standard InChI is InChI=1S/C23H35N5O6S/c1-13(2)19(22(32)27-17(23(33)34)12-18(25)29)28-21(31)16(11-14-7-5-4-6-8-14)26-20(30)15(24)9-10-35-3/h4-8,13,15-17,19H,9-12,24H2,1-3H3,(H2,25,29)(H,26,30)(H,27,32)(H,28,31)(H,33,34). The number of amides is 4. The SMILES string of the molecule is CSCCC(N)C(=O)NC(Cc1ccccc1)C(=O)NC(C(=O)NC(CC(N)=O)C(=O)O)C(C)C. The molecule has 1 rings (SSSR count). The monoisotopic (exact) mass is 509 g/mol. The second-order valence-electron chi connectivity index (χ2n) is 8.44. The Bertz CT molecular complexity index is 882. The first kappa shape index (κ1) is 29.9. The average Bonchev–Trinajstić information content (AvgIpc) is 2.79. The van der Waals surface area contributed by atoms with Crippen LogP contribution in [0.15, 0.2) is 30.3 Å². The lowest BCUT2D eigenvalue weighted by atomic mass is 10.00. The summed E-state index contributed by atoms with van der Waals surface area (Å²) in [4.78, 5) is 61.1. The number of benzene rings is 1. The van der Waals surface area contributed by atoms with Crippen LogP contribution in [0.5, 0.6) is 0 Å². The molecule has 0 aromatic heterocycles. The quantitative estimate of drug-likeness (QED) is 0.180. The summed E-state index contributed by atoms with van der Waals surface area (Å²) in [6.07, 6.45) is 1.88. The second kappa shape index (κ2) is 15.0. The van der Waals surface area contributed by atoms with E-state index in [0.29, 0.717) is 12.2 Å². The van der Waals surface area contributed by atoms with E-state index >= 15 is 0 Å². The number of carboxylic acids is 1. The molecule has 12 heteroatoms. The predicted octanol–water partition coefficient (Wildman–Crippen LogP) is -0.620. The highest BCUT2D eigenvalue weighted by atomic mass is 32.2. The molecule has 0 heterocycles. The fraction of sp³-hybridized carbons (Fsp3) is 0.522. The van der Waals surface area contributed by atoms with Gasteiger partial charge in [0.15, 0.2) is 0 Å². The van der Waals surface area contributed by atoms with Crippen LogP contribution in [0, 0.1) is 5.92 Å². The highest BCUT2D eigenvalue weighted by Gasteiger charge is 2.32. The van der Waals surface area contributed by atoms with E-state index in [2.05, 4.69) is 16.0 Å². The van der Waals surface area contributed by atoms with Crippen molar-refractivity contribution in [1.82, 2.24) is 16.0 Å². The summed E-state index contributed by atoms with van der Waals surface area (Å²) in [5, 5.41) is 16.8. The molecule has 0 bridgehead atoms. The number of nitrogens with two attached hydrogens (primary N) is 2. The van der Waals surface area contributed by atoms with E-state index in [0.717, 1.165) is 5.56 Å². The maximum absolute atomic E-state index is 13.2. The fourth-order valence-electron chi connectivity index (χ4n) is 3.17. The number of primary amides is 1. The number of carboxylic acid groups (broad SMARTS) is 1. The molecule has 0 spiro atoms. The zero-order valence-corrected chi connectivity index (χ0v) is 21.0. The molecule has 0 fully saturated rings. The van der Waals surface area contributed by atoms with Gasteiger partial charge in [0.05, 0.1) is 12.5 Å². The molecule has 0 aliphatic rings. The average molecular weight is 510 g/mol. The molecule has 0 aliphatic carbocycles. The Morgan fingerprint density at radius 3 is 2.06 bits per heavy atom. The van der Waals surface area contributed by atoms with E-state index in [1.165, 1.54) is 0 Å². The lowest BCUT2D eigenvalue weighted by Crippen LogP contribution is -2.59. The van der Waals surface area contributed by atoms with Crippen LogP contribution in [-0.2, 0) is 30.4 Å². The Kier molecular flexibility index (Phi) is 12.8. The van der Waals surface area contributed by atoms with Gasteiger partial charge >= 0.3 is 5.97 Å². The molecule has 1 aromatic carbocycles. The minimum atomic E-state index is -1.53. The fourth-order valence-corrected chi connectivity index (χ4v) is 3.65. The van der Waals surface area contributed by atoms with Crippen LogP contribution in [0.2, 0.25) is 0 Å². The Morgan fingerprint density at radius 2 is 1.54 bits per heavy atom. The van der Waals surface area contributed by atoms with Gasteiger partial charge in [0.2, 0.25) is 23.6 Å². The summed E-state index contributed by atoms with van der Waals surface area (Å²) < 4.78 is 0. The first-order valence-corrected chi connectivity index (χ1v) is 12.6. The van der Waals surface area contributed by atoms with Gasteiger partial charge in [-0.05, 0) is 29.9 Å². The Labute approximate surface area is 209 Å². The van der Waals surface area contributed by atoms with Gasteiger partial charge in [-0.15, -0.1) is 0 Å². The minimum absolute atomic E-state index is 0.152. The van der Waals surface area contributed by atoms with Crippen molar-refractivity contribution < 1.29 is 29.1 Å².